The molecule has 0 saturated carbocycles. The average molecular weight is 254 g/mol. The molecule has 5 heteroatoms. The summed E-state index contributed by atoms with van der Waals surface area (Å²) in [6.45, 7) is 3.93. The van der Waals surface area contributed by atoms with Crippen LogP contribution in [0.15, 0.2) is 0 Å². The minimum atomic E-state index is -4.07. The Kier molecular flexibility index (Phi) is 9.55. The monoisotopic (exact) mass is 254 g/mol. The van der Waals surface area contributed by atoms with Gasteiger partial charge in [-0.05, 0) is 45.9 Å². The normalized spacial score (nSPS) is 12.4. The lowest BCUT2D eigenvalue weighted by Crippen LogP contribution is -2.31. The van der Waals surface area contributed by atoms with Gasteiger partial charge in [0.15, 0.2) is 0 Å². The molecule has 1 N–H and O–H groups in total. The zero-order chi connectivity index (χ0) is 13.1. The van der Waals surface area contributed by atoms with Crippen LogP contribution in [0.5, 0.6) is 0 Å². The van der Waals surface area contributed by atoms with Gasteiger partial charge in [0.05, 0.1) is 6.54 Å². The van der Waals surface area contributed by atoms with Crippen molar-refractivity contribution in [2.45, 2.75) is 45.2 Å². The fraction of sp³-hybridized carbons (Fsp3) is 1.00. The zero-order valence-electron chi connectivity index (χ0n) is 10.9. The highest BCUT2D eigenvalue weighted by atomic mass is 19.4. The van der Waals surface area contributed by atoms with E-state index >= 15 is 0 Å². The Labute approximate surface area is 103 Å². The molecular formula is C12H25F3N2. The van der Waals surface area contributed by atoms with Crippen LogP contribution in [0.25, 0.3) is 0 Å². The highest BCUT2D eigenvalue weighted by Gasteiger charge is 2.28. The number of hydrogen-bond donors (Lipinski definition) is 1. The summed E-state index contributed by atoms with van der Waals surface area (Å²) in [6, 6.07) is 0. The van der Waals surface area contributed by atoms with Crippen LogP contribution in [0.1, 0.15) is 39.0 Å². The summed E-state index contributed by atoms with van der Waals surface area (Å²) < 4.78 is 36.0. The maximum atomic E-state index is 12.0. The van der Waals surface area contributed by atoms with Crippen molar-refractivity contribution in [1.29, 1.82) is 0 Å². The molecule has 0 rings (SSSR count). The average Bonchev–Trinajstić information content (AvgIpc) is 2.19. The molecule has 17 heavy (non-hydrogen) atoms. The molecule has 0 atom stereocenters. The van der Waals surface area contributed by atoms with E-state index in [1.807, 2.05) is 0 Å². The fourth-order valence-corrected chi connectivity index (χ4v) is 1.67. The Balaban J connectivity index is 3.22. The van der Waals surface area contributed by atoms with Crippen LogP contribution < -0.4 is 5.32 Å². The lowest BCUT2D eigenvalue weighted by Gasteiger charge is -2.18. The first kappa shape index (κ1) is 16.7. The van der Waals surface area contributed by atoms with E-state index in [4.69, 9.17) is 0 Å². The summed E-state index contributed by atoms with van der Waals surface area (Å²) in [7, 11) is 1.52. The van der Waals surface area contributed by atoms with Gasteiger partial charge in [-0.15, -0.1) is 0 Å². The van der Waals surface area contributed by atoms with Gasteiger partial charge in [-0.1, -0.05) is 19.8 Å². The molecule has 0 radical (unpaired) electrons. The van der Waals surface area contributed by atoms with E-state index in [2.05, 4.69) is 12.2 Å². The SMILES string of the molecule is CCCNCCCCCCN(C)CC(F)(F)F. The first-order valence-corrected chi connectivity index (χ1v) is 6.41. The lowest BCUT2D eigenvalue weighted by atomic mass is 10.2. The van der Waals surface area contributed by atoms with E-state index in [-0.39, 0.29) is 0 Å². The van der Waals surface area contributed by atoms with Gasteiger partial charge in [-0.25, -0.2) is 0 Å². The number of nitrogens with one attached hydrogen (secondary N) is 1. The Hall–Kier alpha value is -0.290. The molecular weight excluding hydrogens is 229 g/mol. The standard InChI is InChI=1S/C12H25F3N2/c1-3-8-16-9-6-4-5-7-10-17(2)11-12(13,14)15/h16H,3-11H2,1-2H3. The van der Waals surface area contributed by atoms with Gasteiger partial charge in [-0.2, -0.15) is 13.2 Å². The third-order valence-corrected chi connectivity index (χ3v) is 2.52. The van der Waals surface area contributed by atoms with E-state index in [1.54, 1.807) is 0 Å². The summed E-state index contributed by atoms with van der Waals surface area (Å²) >= 11 is 0. The predicted molar refractivity (Wildman–Crippen MR) is 65.2 cm³/mol. The molecule has 0 aliphatic rings. The zero-order valence-corrected chi connectivity index (χ0v) is 10.9. The van der Waals surface area contributed by atoms with Crippen LogP contribution in [-0.2, 0) is 0 Å². The molecule has 0 unspecified atom stereocenters. The second kappa shape index (κ2) is 9.71. The smallest absolute Gasteiger partial charge is 0.317 e. The minimum absolute atomic E-state index is 0.530. The van der Waals surface area contributed by atoms with Crippen LogP contribution in [0.2, 0.25) is 0 Å². The number of alkyl halides is 3. The molecule has 0 spiro atoms. The van der Waals surface area contributed by atoms with Crippen LogP contribution in [0.3, 0.4) is 0 Å². The number of nitrogens with zero attached hydrogens (tertiary/aromatic N) is 1. The molecule has 0 aromatic carbocycles. The van der Waals surface area contributed by atoms with Crippen molar-refractivity contribution < 1.29 is 13.2 Å². The maximum Gasteiger partial charge on any atom is 0.401 e. The lowest BCUT2D eigenvalue weighted by molar-refractivity contribution is -0.143. The highest BCUT2D eigenvalue weighted by molar-refractivity contribution is 4.59. The van der Waals surface area contributed by atoms with Crippen molar-refractivity contribution >= 4 is 0 Å². The van der Waals surface area contributed by atoms with Crippen molar-refractivity contribution in [1.82, 2.24) is 10.2 Å². The molecule has 0 fully saturated rings. The van der Waals surface area contributed by atoms with Gasteiger partial charge >= 0.3 is 6.18 Å². The minimum Gasteiger partial charge on any atom is -0.317 e. The largest absolute Gasteiger partial charge is 0.401 e. The van der Waals surface area contributed by atoms with Gasteiger partial charge in [0.2, 0.25) is 0 Å². The Bertz CT molecular complexity index is 172. The fourth-order valence-electron chi connectivity index (χ4n) is 1.67. The van der Waals surface area contributed by atoms with Crippen LogP contribution in [0, 0.1) is 0 Å². The molecule has 104 valence electrons. The van der Waals surface area contributed by atoms with Gasteiger partial charge in [-0.3, -0.25) is 4.90 Å². The summed E-state index contributed by atoms with van der Waals surface area (Å²) in [5.74, 6) is 0. The summed E-state index contributed by atoms with van der Waals surface area (Å²) in [6.07, 6.45) is 1.14. The van der Waals surface area contributed by atoms with Gasteiger partial charge in [0, 0.05) is 0 Å². The van der Waals surface area contributed by atoms with E-state index < -0.39 is 12.7 Å². The third-order valence-electron chi connectivity index (χ3n) is 2.52. The summed E-state index contributed by atoms with van der Waals surface area (Å²) in [5, 5.41) is 3.31. The van der Waals surface area contributed by atoms with E-state index in [1.165, 1.54) is 11.9 Å². The maximum absolute atomic E-state index is 12.0. The van der Waals surface area contributed by atoms with Crippen molar-refractivity contribution in [2.75, 3.05) is 33.2 Å². The van der Waals surface area contributed by atoms with Crippen molar-refractivity contribution in [2.24, 2.45) is 0 Å². The highest BCUT2D eigenvalue weighted by Crippen LogP contribution is 2.15. The summed E-state index contributed by atoms with van der Waals surface area (Å²) in [4.78, 5) is 1.34. The molecule has 0 aromatic rings. The molecule has 0 aromatic heterocycles. The molecule has 0 amide bonds. The number of halogens is 3. The topological polar surface area (TPSA) is 15.3 Å². The van der Waals surface area contributed by atoms with E-state index in [0.717, 1.165) is 45.2 Å². The molecule has 0 bridgehead atoms. The molecule has 0 aliphatic carbocycles. The number of unbranched alkanes of at least 4 members (excludes halogenated alkanes) is 3. The number of hydrogen-bond acceptors (Lipinski definition) is 2. The summed E-state index contributed by atoms with van der Waals surface area (Å²) in [5.41, 5.74) is 0. The quantitative estimate of drug-likeness (QED) is 0.603. The molecule has 2 nitrogen and oxygen atoms in total. The first-order chi connectivity index (χ1) is 7.95. The van der Waals surface area contributed by atoms with Crippen LogP contribution >= 0.6 is 0 Å². The Morgan fingerprint density at radius 1 is 1.00 bits per heavy atom. The second-order valence-electron chi connectivity index (χ2n) is 4.52. The number of rotatable bonds is 10. The first-order valence-electron chi connectivity index (χ1n) is 6.41. The molecule has 0 saturated heterocycles. The van der Waals surface area contributed by atoms with Crippen LogP contribution in [0.4, 0.5) is 13.2 Å². The van der Waals surface area contributed by atoms with Gasteiger partial charge in [0.1, 0.15) is 0 Å². The third kappa shape index (κ3) is 13.6. The Morgan fingerprint density at radius 3 is 2.24 bits per heavy atom. The van der Waals surface area contributed by atoms with Crippen molar-refractivity contribution in [3.05, 3.63) is 0 Å². The van der Waals surface area contributed by atoms with Crippen molar-refractivity contribution in [3.63, 3.8) is 0 Å². The van der Waals surface area contributed by atoms with E-state index in [0.29, 0.717) is 6.54 Å². The van der Waals surface area contributed by atoms with Gasteiger partial charge in [0.25, 0.3) is 0 Å². The van der Waals surface area contributed by atoms with Crippen molar-refractivity contribution in [3.8, 4) is 0 Å². The Morgan fingerprint density at radius 2 is 1.65 bits per heavy atom. The predicted octanol–water partition coefficient (Wildman–Crippen LogP) is 3.04. The van der Waals surface area contributed by atoms with Crippen LogP contribution in [-0.4, -0.2) is 44.3 Å². The second-order valence-corrected chi connectivity index (χ2v) is 4.52. The molecule has 0 heterocycles. The van der Waals surface area contributed by atoms with Gasteiger partial charge < -0.3 is 5.32 Å². The molecule has 0 aliphatic heterocycles. The van der Waals surface area contributed by atoms with E-state index in [9.17, 15) is 13.2 Å².